The molecule has 0 fully saturated rings. The van der Waals surface area contributed by atoms with Crippen molar-refractivity contribution in [1.29, 1.82) is 0 Å². The highest BCUT2D eigenvalue weighted by atomic mass is 32.2. The number of ether oxygens (including phenoxy) is 1. The van der Waals surface area contributed by atoms with Gasteiger partial charge in [0.05, 0.1) is 0 Å². The van der Waals surface area contributed by atoms with Gasteiger partial charge in [0.25, 0.3) is 6.17 Å². The SMILES string of the molecule is COCCCCCSC(=O)C(F)C(=O)O. The van der Waals surface area contributed by atoms with Gasteiger partial charge in [-0.1, -0.05) is 18.2 Å². The number of methoxy groups -OCH3 is 1. The van der Waals surface area contributed by atoms with Gasteiger partial charge in [-0.05, 0) is 12.8 Å². The second-order valence-corrected chi connectivity index (χ2v) is 4.02. The number of carboxylic acids is 1. The van der Waals surface area contributed by atoms with Gasteiger partial charge in [0.2, 0.25) is 5.12 Å². The Hall–Kier alpha value is -0.620. The van der Waals surface area contributed by atoms with Crippen LogP contribution >= 0.6 is 11.8 Å². The van der Waals surface area contributed by atoms with Gasteiger partial charge < -0.3 is 9.84 Å². The molecule has 15 heavy (non-hydrogen) atoms. The molecule has 0 radical (unpaired) electrons. The Morgan fingerprint density at radius 1 is 1.40 bits per heavy atom. The van der Waals surface area contributed by atoms with E-state index in [9.17, 15) is 14.0 Å². The molecule has 1 unspecified atom stereocenters. The normalized spacial score (nSPS) is 12.4. The van der Waals surface area contributed by atoms with Gasteiger partial charge in [-0.3, -0.25) is 4.79 Å². The van der Waals surface area contributed by atoms with Gasteiger partial charge in [0, 0.05) is 19.5 Å². The number of hydrogen-bond donors (Lipinski definition) is 1. The average molecular weight is 238 g/mol. The Balaban J connectivity index is 3.43. The van der Waals surface area contributed by atoms with Crippen LogP contribution in [0.5, 0.6) is 0 Å². The van der Waals surface area contributed by atoms with Gasteiger partial charge >= 0.3 is 5.97 Å². The topological polar surface area (TPSA) is 63.6 Å². The zero-order chi connectivity index (χ0) is 11.7. The molecule has 1 N–H and O–H groups in total. The highest BCUT2D eigenvalue weighted by molar-refractivity contribution is 8.13. The molecular formula is C9H15FO4S. The third-order valence-corrected chi connectivity index (χ3v) is 2.65. The maximum Gasteiger partial charge on any atom is 0.347 e. The smallest absolute Gasteiger partial charge is 0.347 e. The number of halogens is 1. The second kappa shape index (κ2) is 8.67. The Labute approximate surface area is 92.2 Å². The fourth-order valence-corrected chi connectivity index (χ4v) is 1.67. The van der Waals surface area contributed by atoms with Crippen molar-refractivity contribution in [1.82, 2.24) is 0 Å². The number of unbranched alkanes of at least 4 members (excludes halogenated alkanes) is 2. The summed E-state index contributed by atoms with van der Waals surface area (Å²) in [5.41, 5.74) is 0. The highest BCUT2D eigenvalue weighted by Gasteiger charge is 2.25. The Morgan fingerprint density at radius 3 is 2.60 bits per heavy atom. The molecule has 0 aliphatic heterocycles. The molecular weight excluding hydrogens is 223 g/mol. The maximum absolute atomic E-state index is 12.6. The third-order valence-electron chi connectivity index (χ3n) is 1.66. The van der Waals surface area contributed by atoms with Crippen molar-refractivity contribution in [2.45, 2.75) is 25.4 Å². The van der Waals surface area contributed by atoms with Crippen LogP contribution in [0.25, 0.3) is 0 Å². The number of carbonyl (C=O) groups excluding carboxylic acids is 1. The average Bonchev–Trinajstić information content (AvgIpc) is 2.21. The summed E-state index contributed by atoms with van der Waals surface area (Å²) in [7, 11) is 1.61. The molecule has 0 heterocycles. The molecule has 0 amide bonds. The zero-order valence-electron chi connectivity index (χ0n) is 8.57. The van der Waals surface area contributed by atoms with Crippen molar-refractivity contribution in [2.24, 2.45) is 0 Å². The van der Waals surface area contributed by atoms with E-state index in [0.29, 0.717) is 12.4 Å². The van der Waals surface area contributed by atoms with Gasteiger partial charge in [-0.2, -0.15) is 0 Å². The number of alkyl halides is 1. The monoisotopic (exact) mass is 238 g/mol. The summed E-state index contributed by atoms with van der Waals surface area (Å²) in [6.07, 6.45) is 0.141. The molecule has 6 heteroatoms. The highest BCUT2D eigenvalue weighted by Crippen LogP contribution is 2.12. The van der Waals surface area contributed by atoms with Crippen LogP contribution in [-0.2, 0) is 14.3 Å². The minimum absolute atomic E-state index is 0.455. The lowest BCUT2D eigenvalue weighted by Crippen LogP contribution is -2.22. The Kier molecular flexibility index (Phi) is 8.31. The largest absolute Gasteiger partial charge is 0.479 e. The van der Waals surface area contributed by atoms with Crippen LogP contribution in [0.15, 0.2) is 0 Å². The van der Waals surface area contributed by atoms with Crippen LogP contribution in [0.4, 0.5) is 4.39 Å². The van der Waals surface area contributed by atoms with Gasteiger partial charge in [-0.25, -0.2) is 9.18 Å². The molecule has 0 aliphatic rings. The lowest BCUT2D eigenvalue weighted by Gasteiger charge is -2.02. The van der Waals surface area contributed by atoms with Gasteiger partial charge in [-0.15, -0.1) is 0 Å². The molecule has 0 bridgehead atoms. The number of aliphatic carboxylic acids is 1. The lowest BCUT2D eigenvalue weighted by atomic mass is 10.3. The Bertz CT molecular complexity index is 210. The summed E-state index contributed by atoms with van der Waals surface area (Å²) in [5, 5.41) is 7.28. The molecule has 88 valence electrons. The molecule has 0 aromatic rings. The predicted octanol–water partition coefficient (Wildman–Crippen LogP) is 1.49. The molecule has 0 aromatic carbocycles. The first-order valence-corrected chi connectivity index (χ1v) is 5.60. The van der Waals surface area contributed by atoms with Crippen molar-refractivity contribution in [3.05, 3.63) is 0 Å². The van der Waals surface area contributed by atoms with E-state index in [1.807, 2.05) is 0 Å². The van der Waals surface area contributed by atoms with E-state index < -0.39 is 17.3 Å². The number of carbonyl (C=O) groups is 2. The quantitative estimate of drug-likeness (QED) is 0.512. The van der Waals surface area contributed by atoms with E-state index in [1.165, 1.54) is 0 Å². The fraction of sp³-hybridized carbons (Fsp3) is 0.778. The summed E-state index contributed by atoms with van der Waals surface area (Å²) in [6, 6.07) is 0. The van der Waals surface area contributed by atoms with Crippen molar-refractivity contribution in [3.63, 3.8) is 0 Å². The van der Waals surface area contributed by atoms with E-state index in [0.717, 1.165) is 31.0 Å². The van der Waals surface area contributed by atoms with Crippen molar-refractivity contribution < 1.29 is 23.8 Å². The third kappa shape index (κ3) is 7.33. The molecule has 1 atom stereocenters. The number of rotatable bonds is 8. The maximum atomic E-state index is 12.6. The summed E-state index contributed by atoms with van der Waals surface area (Å²) in [5.74, 6) is -1.26. The minimum atomic E-state index is -2.39. The first-order valence-electron chi connectivity index (χ1n) is 4.62. The van der Waals surface area contributed by atoms with Gasteiger partial charge in [0.1, 0.15) is 0 Å². The van der Waals surface area contributed by atoms with E-state index in [2.05, 4.69) is 0 Å². The molecule has 0 spiro atoms. The van der Waals surface area contributed by atoms with Crippen molar-refractivity contribution in [2.75, 3.05) is 19.5 Å². The van der Waals surface area contributed by atoms with E-state index in [1.54, 1.807) is 7.11 Å². The van der Waals surface area contributed by atoms with Crippen LogP contribution in [-0.4, -0.2) is 41.8 Å². The van der Waals surface area contributed by atoms with Crippen LogP contribution in [0.1, 0.15) is 19.3 Å². The summed E-state index contributed by atoms with van der Waals surface area (Å²) < 4.78 is 17.4. The Morgan fingerprint density at radius 2 is 2.07 bits per heavy atom. The summed E-state index contributed by atoms with van der Waals surface area (Å²) in [4.78, 5) is 20.9. The zero-order valence-corrected chi connectivity index (χ0v) is 9.39. The first kappa shape index (κ1) is 14.4. The van der Waals surface area contributed by atoms with Gasteiger partial charge in [0.15, 0.2) is 0 Å². The molecule has 0 rings (SSSR count). The molecule has 0 saturated carbocycles. The molecule has 4 nitrogen and oxygen atoms in total. The molecule has 0 aliphatic carbocycles. The predicted molar refractivity (Wildman–Crippen MR) is 55.7 cm³/mol. The first-order chi connectivity index (χ1) is 7.09. The number of carboxylic acid groups (broad SMARTS) is 1. The van der Waals surface area contributed by atoms with Crippen LogP contribution in [0, 0.1) is 0 Å². The second-order valence-electron chi connectivity index (χ2n) is 2.92. The summed E-state index contributed by atoms with van der Waals surface area (Å²) in [6.45, 7) is 0.666. The molecule has 0 saturated heterocycles. The van der Waals surface area contributed by atoms with Crippen LogP contribution in [0.2, 0.25) is 0 Å². The van der Waals surface area contributed by atoms with Crippen molar-refractivity contribution in [3.8, 4) is 0 Å². The van der Waals surface area contributed by atoms with Crippen LogP contribution < -0.4 is 0 Å². The molecule has 0 aromatic heterocycles. The number of hydrogen-bond acceptors (Lipinski definition) is 4. The fourth-order valence-electron chi connectivity index (χ4n) is 0.872. The van der Waals surface area contributed by atoms with E-state index >= 15 is 0 Å². The summed E-state index contributed by atoms with van der Waals surface area (Å²) >= 11 is 0.735. The van der Waals surface area contributed by atoms with E-state index in [4.69, 9.17) is 9.84 Å². The lowest BCUT2D eigenvalue weighted by molar-refractivity contribution is -0.145. The van der Waals surface area contributed by atoms with Crippen LogP contribution in [0.3, 0.4) is 0 Å². The van der Waals surface area contributed by atoms with E-state index in [-0.39, 0.29) is 0 Å². The van der Waals surface area contributed by atoms with Crippen molar-refractivity contribution >= 4 is 22.8 Å². The number of thioether (sulfide) groups is 1. The minimum Gasteiger partial charge on any atom is -0.479 e. The standard InChI is InChI=1S/C9H15FO4S/c1-14-5-3-2-4-6-15-9(13)7(10)8(11)12/h7H,2-6H2,1H3,(H,11,12).